The predicted molar refractivity (Wildman–Crippen MR) is 138 cm³/mol. The summed E-state index contributed by atoms with van der Waals surface area (Å²) in [5, 5.41) is 5.88. The van der Waals surface area contributed by atoms with Crippen molar-refractivity contribution in [2.45, 2.75) is 19.8 Å². The average Bonchev–Trinajstić information content (AvgIpc) is 3.34. The van der Waals surface area contributed by atoms with E-state index in [1.54, 1.807) is 31.2 Å². The SMILES string of the molecule is C=CC(=O)Nc1cccc(Oc2nc(Nc3ccc(C[C@H]4CCN(C(C)=O)C4)cc3)ncc2OC)c1. The smallest absolute Gasteiger partial charge is 0.267 e. The molecule has 9 heteroatoms. The first-order valence-corrected chi connectivity index (χ1v) is 11.7. The maximum atomic E-state index is 11.6. The van der Waals surface area contributed by atoms with E-state index in [0.717, 1.165) is 31.6 Å². The quantitative estimate of drug-likeness (QED) is 0.426. The lowest BCUT2D eigenvalue weighted by Gasteiger charge is -2.14. The fraction of sp³-hybridized carbons (Fsp3) is 0.259. The minimum Gasteiger partial charge on any atom is -0.490 e. The molecule has 0 saturated carbocycles. The van der Waals surface area contributed by atoms with Gasteiger partial charge >= 0.3 is 0 Å². The topological polar surface area (TPSA) is 106 Å². The summed E-state index contributed by atoms with van der Waals surface area (Å²) in [6, 6.07) is 15.0. The van der Waals surface area contributed by atoms with Crippen molar-refractivity contribution in [3.63, 3.8) is 0 Å². The summed E-state index contributed by atoms with van der Waals surface area (Å²) >= 11 is 0. The number of nitrogens with one attached hydrogen (secondary N) is 2. The van der Waals surface area contributed by atoms with Crippen molar-refractivity contribution in [3.05, 3.63) is 72.9 Å². The van der Waals surface area contributed by atoms with Gasteiger partial charge in [-0.1, -0.05) is 24.8 Å². The Labute approximate surface area is 210 Å². The van der Waals surface area contributed by atoms with Gasteiger partial charge in [0.05, 0.1) is 13.3 Å². The number of rotatable bonds is 9. The van der Waals surface area contributed by atoms with E-state index in [2.05, 4.69) is 39.3 Å². The summed E-state index contributed by atoms with van der Waals surface area (Å²) in [5.41, 5.74) is 2.62. The highest BCUT2D eigenvalue weighted by atomic mass is 16.5. The summed E-state index contributed by atoms with van der Waals surface area (Å²) < 4.78 is 11.3. The van der Waals surface area contributed by atoms with Crippen LogP contribution in [0, 0.1) is 5.92 Å². The van der Waals surface area contributed by atoms with Crippen LogP contribution in [-0.2, 0) is 16.0 Å². The van der Waals surface area contributed by atoms with Crippen molar-refractivity contribution >= 4 is 29.1 Å². The van der Waals surface area contributed by atoms with Gasteiger partial charge in [-0.25, -0.2) is 4.98 Å². The monoisotopic (exact) mass is 487 g/mol. The molecule has 1 aliphatic heterocycles. The first-order chi connectivity index (χ1) is 17.4. The maximum absolute atomic E-state index is 11.6. The number of nitrogens with zero attached hydrogens (tertiary/aromatic N) is 3. The van der Waals surface area contributed by atoms with Gasteiger partial charge in [0, 0.05) is 37.5 Å². The van der Waals surface area contributed by atoms with Gasteiger partial charge < -0.3 is 25.0 Å². The summed E-state index contributed by atoms with van der Waals surface area (Å²) in [6.45, 7) is 6.74. The van der Waals surface area contributed by atoms with Crippen LogP contribution in [0.25, 0.3) is 0 Å². The Bertz CT molecular complexity index is 1250. The van der Waals surface area contributed by atoms with Crippen LogP contribution in [0.5, 0.6) is 17.4 Å². The Hall–Kier alpha value is -4.40. The largest absolute Gasteiger partial charge is 0.490 e. The lowest BCUT2D eigenvalue weighted by atomic mass is 9.98. The molecule has 1 atom stereocenters. The summed E-state index contributed by atoms with van der Waals surface area (Å²) in [6.07, 6.45) is 4.70. The molecular weight excluding hydrogens is 458 g/mol. The molecule has 0 radical (unpaired) electrons. The molecule has 1 fully saturated rings. The molecule has 1 saturated heterocycles. The first kappa shape index (κ1) is 24.7. The Morgan fingerprint density at radius 3 is 2.69 bits per heavy atom. The average molecular weight is 488 g/mol. The number of ether oxygens (including phenoxy) is 2. The molecule has 2 aromatic carbocycles. The zero-order valence-corrected chi connectivity index (χ0v) is 20.4. The molecule has 9 nitrogen and oxygen atoms in total. The number of carbonyl (C=O) groups is 2. The number of hydrogen-bond donors (Lipinski definition) is 2. The molecule has 2 amide bonds. The highest BCUT2D eigenvalue weighted by molar-refractivity contribution is 5.98. The summed E-state index contributed by atoms with van der Waals surface area (Å²) in [7, 11) is 1.51. The van der Waals surface area contributed by atoms with E-state index in [1.807, 2.05) is 17.0 Å². The lowest BCUT2D eigenvalue weighted by molar-refractivity contribution is -0.127. The molecule has 4 rings (SSSR count). The Morgan fingerprint density at radius 2 is 2.00 bits per heavy atom. The lowest BCUT2D eigenvalue weighted by Crippen LogP contribution is -2.26. The zero-order valence-electron chi connectivity index (χ0n) is 20.4. The third kappa shape index (κ3) is 6.38. The van der Waals surface area contributed by atoms with Crippen LogP contribution in [0.15, 0.2) is 67.4 Å². The van der Waals surface area contributed by atoms with Gasteiger partial charge in [0.15, 0.2) is 5.75 Å². The standard InChI is InChI=1S/C27H29N5O4/c1-4-25(34)29-22-6-5-7-23(15-22)36-26-24(35-3)16-28-27(31-26)30-21-10-8-19(9-11-21)14-20-12-13-32(17-20)18(2)33/h4-11,15-16,20H,1,12-14,17H2,2-3H3,(H,29,34)(H,28,30,31)/t20-/m1/s1. The highest BCUT2D eigenvalue weighted by Gasteiger charge is 2.24. The van der Waals surface area contributed by atoms with Crippen molar-refractivity contribution in [1.82, 2.24) is 14.9 Å². The van der Waals surface area contributed by atoms with Gasteiger partial charge in [0.1, 0.15) is 5.75 Å². The van der Waals surface area contributed by atoms with E-state index < -0.39 is 0 Å². The van der Waals surface area contributed by atoms with E-state index in [1.165, 1.54) is 24.9 Å². The molecule has 1 aromatic heterocycles. The van der Waals surface area contributed by atoms with E-state index >= 15 is 0 Å². The van der Waals surface area contributed by atoms with Crippen molar-refractivity contribution in [1.29, 1.82) is 0 Å². The zero-order chi connectivity index (χ0) is 25.5. The van der Waals surface area contributed by atoms with E-state index in [9.17, 15) is 9.59 Å². The number of hydrogen-bond acceptors (Lipinski definition) is 7. The van der Waals surface area contributed by atoms with Gasteiger partial charge in [-0.2, -0.15) is 4.98 Å². The molecule has 2 heterocycles. The molecule has 0 bridgehead atoms. The van der Waals surface area contributed by atoms with E-state index in [4.69, 9.17) is 9.47 Å². The molecule has 36 heavy (non-hydrogen) atoms. The molecule has 0 aliphatic carbocycles. The van der Waals surface area contributed by atoms with Gasteiger partial charge in [-0.05, 0) is 54.7 Å². The van der Waals surface area contributed by atoms with Gasteiger partial charge in [0.2, 0.25) is 17.8 Å². The first-order valence-electron chi connectivity index (χ1n) is 11.7. The molecule has 0 unspecified atom stereocenters. The number of anilines is 3. The summed E-state index contributed by atoms with van der Waals surface area (Å²) in [4.78, 5) is 33.8. The third-order valence-electron chi connectivity index (χ3n) is 5.91. The van der Waals surface area contributed by atoms with Crippen molar-refractivity contribution in [3.8, 4) is 17.4 Å². The van der Waals surface area contributed by atoms with Crippen LogP contribution >= 0.6 is 0 Å². The minimum atomic E-state index is -0.314. The number of aromatic nitrogens is 2. The number of benzene rings is 2. The molecule has 2 N–H and O–H groups in total. The van der Waals surface area contributed by atoms with Gasteiger partial charge in [0.25, 0.3) is 5.88 Å². The van der Waals surface area contributed by atoms with Crippen LogP contribution in [-0.4, -0.2) is 46.9 Å². The third-order valence-corrected chi connectivity index (χ3v) is 5.91. The number of likely N-dealkylation sites (tertiary alicyclic amines) is 1. The van der Waals surface area contributed by atoms with Crippen molar-refractivity contribution in [2.24, 2.45) is 5.92 Å². The van der Waals surface area contributed by atoms with Crippen LogP contribution in [0.4, 0.5) is 17.3 Å². The molecule has 0 spiro atoms. The molecule has 3 aromatic rings. The maximum Gasteiger partial charge on any atom is 0.267 e. The van der Waals surface area contributed by atoms with Gasteiger partial charge in [-0.15, -0.1) is 0 Å². The molecular formula is C27H29N5O4. The van der Waals surface area contributed by atoms with Crippen LogP contribution in [0.2, 0.25) is 0 Å². The predicted octanol–water partition coefficient (Wildman–Crippen LogP) is 4.56. The molecule has 186 valence electrons. The highest BCUT2D eigenvalue weighted by Crippen LogP contribution is 2.31. The Kier molecular flexibility index (Phi) is 7.79. The second-order valence-electron chi connectivity index (χ2n) is 8.54. The van der Waals surface area contributed by atoms with Gasteiger partial charge in [-0.3, -0.25) is 9.59 Å². The van der Waals surface area contributed by atoms with Crippen LogP contribution < -0.4 is 20.1 Å². The van der Waals surface area contributed by atoms with Crippen molar-refractivity contribution < 1.29 is 19.1 Å². The van der Waals surface area contributed by atoms with E-state index in [-0.39, 0.29) is 17.7 Å². The second-order valence-corrected chi connectivity index (χ2v) is 8.54. The second kappa shape index (κ2) is 11.4. The molecule has 1 aliphatic rings. The number of carbonyl (C=O) groups excluding carboxylic acids is 2. The number of amides is 2. The van der Waals surface area contributed by atoms with Crippen molar-refractivity contribution in [2.75, 3.05) is 30.8 Å². The normalized spacial score (nSPS) is 14.7. The fourth-order valence-electron chi connectivity index (χ4n) is 4.04. The Morgan fingerprint density at radius 1 is 1.19 bits per heavy atom. The minimum absolute atomic E-state index is 0.145. The Balaban J connectivity index is 1.42. The van der Waals surface area contributed by atoms with Crippen LogP contribution in [0.1, 0.15) is 18.9 Å². The number of methoxy groups -OCH3 is 1. The fourth-order valence-corrected chi connectivity index (χ4v) is 4.04. The van der Waals surface area contributed by atoms with Crippen LogP contribution in [0.3, 0.4) is 0 Å². The van der Waals surface area contributed by atoms with E-state index in [0.29, 0.717) is 29.1 Å². The summed E-state index contributed by atoms with van der Waals surface area (Å²) in [5.74, 6) is 1.74.